The first kappa shape index (κ1) is 26.6. The number of nitrogens with zero attached hydrogens (tertiary/aromatic N) is 1. The summed E-state index contributed by atoms with van der Waals surface area (Å²) in [5, 5.41) is 24.7. The van der Waals surface area contributed by atoms with Crippen molar-refractivity contribution >= 4 is 35.6 Å². The molecule has 0 fully saturated rings. The van der Waals surface area contributed by atoms with Gasteiger partial charge in [0.15, 0.2) is 5.96 Å². The van der Waals surface area contributed by atoms with Gasteiger partial charge in [-0.1, -0.05) is 0 Å². The van der Waals surface area contributed by atoms with E-state index in [1.807, 2.05) is 0 Å². The molecule has 14 nitrogen and oxygen atoms in total. The van der Waals surface area contributed by atoms with Gasteiger partial charge in [0.25, 0.3) is 0 Å². The Morgan fingerprint density at radius 2 is 1.57 bits per heavy atom. The van der Waals surface area contributed by atoms with Crippen molar-refractivity contribution in [2.24, 2.45) is 22.2 Å². The van der Waals surface area contributed by atoms with Gasteiger partial charge in [0.05, 0.1) is 6.54 Å². The summed E-state index contributed by atoms with van der Waals surface area (Å²) in [6.45, 7) is 1.17. The van der Waals surface area contributed by atoms with Gasteiger partial charge >= 0.3 is 11.9 Å². The minimum absolute atomic E-state index is 0.122. The maximum absolute atomic E-state index is 12.4. The van der Waals surface area contributed by atoms with E-state index in [-0.39, 0.29) is 31.9 Å². The SMILES string of the molecule is CC(NC(=O)C(CCCN=C(N)N)NC(=O)CN)C(=O)NC(CCC(=O)O)C(=O)O. The molecule has 0 spiro atoms. The van der Waals surface area contributed by atoms with Crippen LogP contribution in [0, 0.1) is 0 Å². The topological polar surface area (TPSA) is 252 Å². The fourth-order valence-corrected chi connectivity index (χ4v) is 2.23. The van der Waals surface area contributed by atoms with Crippen LogP contribution in [0.4, 0.5) is 0 Å². The zero-order valence-corrected chi connectivity index (χ0v) is 16.6. The number of carbonyl (C=O) groups is 5. The van der Waals surface area contributed by atoms with Gasteiger partial charge in [-0.2, -0.15) is 0 Å². The van der Waals surface area contributed by atoms with Crippen molar-refractivity contribution < 1.29 is 34.2 Å². The Morgan fingerprint density at radius 1 is 0.933 bits per heavy atom. The molecule has 0 bridgehead atoms. The number of amides is 3. The minimum Gasteiger partial charge on any atom is -0.481 e. The first-order valence-corrected chi connectivity index (χ1v) is 9.08. The quantitative estimate of drug-likeness (QED) is 0.0762. The lowest BCUT2D eigenvalue weighted by Gasteiger charge is -2.22. The number of guanidine groups is 1. The standard InChI is InChI=1S/C16H29N7O7/c1-8(13(27)23-10(15(29)30)4-5-12(25)26)21-14(28)9(22-11(24)7-17)3-2-6-20-16(18)19/h8-10H,2-7,17H2,1H3,(H,21,28)(H,22,24)(H,23,27)(H,25,26)(H,29,30)(H4,18,19,20). The third-order valence-electron chi connectivity index (χ3n) is 3.80. The van der Waals surface area contributed by atoms with E-state index in [2.05, 4.69) is 20.9 Å². The van der Waals surface area contributed by atoms with Crippen molar-refractivity contribution in [3.05, 3.63) is 0 Å². The molecule has 170 valence electrons. The molecule has 0 aliphatic rings. The van der Waals surface area contributed by atoms with Crippen LogP contribution in [0.2, 0.25) is 0 Å². The van der Waals surface area contributed by atoms with Crippen LogP contribution < -0.4 is 33.2 Å². The van der Waals surface area contributed by atoms with E-state index in [4.69, 9.17) is 27.4 Å². The summed E-state index contributed by atoms with van der Waals surface area (Å²) in [5.41, 5.74) is 15.7. The summed E-state index contributed by atoms with van der Waals surface area (Å²) in [5.74, 6) is -4.85. The number of aliphatic imine (C=N–C) groups is 1. The van der Waals surface area contributed by atoms with Gasteiger partial charge in [0.1, 0.15) is 18.1 Å². The molecule has 0 rings (SSSR count). The molecule has 0 saturated heterocycles. The molecule has 3 unspecified atom stereocenters. The van der Waals surface area contributed by atoms with Crippen molar-refractivity contribution in [3.63, 3.8) is 0 Å². The minimum atomic E-state index is -1.43. The van der Waals surface area contributed by atoms with Crippen LogP contribution in [-0.2, 0) is 24.0 Å². The van der Waals surface area contributed by atoms with Crippen LogP contribution in [0.1, 0.15) is 32.6 Å². The van der Waals surface area contributed by atoms with Gasteiger partial charge in [-0.3, -0.25) is 24.2 Å². The van der Waals surface area contributed by atoms with E-state index < -0.39 is 54.2 Å². The Kier molecular flexibility index (Phi) is 12.1. The van der Waals surface area contributed by atoms with Crippen LogP contribution in [-0.4, -0.2) is 77.0 Å². The smallest absolute Gasteiger partial charge is 0.326 e. The van der Waals surface area contributed by atoms with Crippen molar-refractivity contribution in [2.75, 3.05) is 13.1 Å². The van der Waals surface area contributed by atoms with E-state index in [1.54, 1.807) is 0 Å². The lowest BCUT2D eigenvalue weighted by atomic mass is 10.1. The Hall–Kier alpha value is -3.42. The Balaban J connectivity index is 4.93. The largest absolute Gasteiger partial charge is 0.481 e. The van der Waals surface area contributed by atoms with Crippen molar-refractivity contribution in [3.8, 4) is 0 Å². The number of nitrogens with two attached hydrogens (primary N) is 3. The monoisotopic (exact) mass is 431 g/mol. The highest BCUT2D eigenvalue weighted by atomic mass is 16.4. The van der Waals surface area contributed by atoms with Gasteiger partial charge in [-0.15, -0.1) is 0 Å². The molecule has 0 radical (unpaired) electrons. The molecular formula is C16H29N7O7. The number of carbonyl (C=O) groups excluding carboxylic acids is 3. The van der Waals surface area contributed by atoms with Gasteiger partial charge in [0, 0.05) is 13.0 Å². The summed E-state index contributed by atoms with van der Waals surface area (Å²) < 4.78 is 0. The lowest BCUT2D eigenvalue weighted by molar-refractivity contribution is -0.143. The van der Waals surface area contributed by atoms with Gasteiger partial charge < -0.3 is 43.4 Å². The molecule has 0 aromatic carbocycles. The molecule has 30 heavy (non-hydrogen) atoms. The number of hydrogen-bond acceptors (Lipinski definition) is 7. The summed E-state index contributed by atoms with van der Waals surface area (Å²) in [7, 11) is 0. The molecule has 0 aliphatic heterocycles. The molecule has 0 saturated carbocycles. The third-order valence-corrected chi connectivity index (χ3v) is 3.80. The molecule has 0 heterocycles. The van der Waals surface area contributed by atoms with E-state index in [0.717, 1.165) is 0 Å². The first-order chi connectivity index (χ1) is 14.0. The number of carboxylic acids is 2. The van der Waals surface area contributed by atoms with Crippen molar-refractivity contribution in [1.82, 2.24) is 16.0 Å². The molecule has 11 N–H and O–H groups in total. The highest BCUT2D eigenvalue weighted by Crippen LogP contribution is 2.02. The number of aliphatic carboxylic acids is 2. The summed E-state index contributed by atoms with van der Waals surface area (Å²) in [6.07, 6.45) is -0.283. The van der Waals surface area contributed by atoms with Crippen LogP contribution >= 0.6 is 0 Å². The molecule has 3 atom stereocenters. The van der Waals surface area contributed by atoms with E-state index >= 15 is 0 Å². The van der Waals surface area contributed by atoms with Crippen LogP contribution in [0.3, 0.4) is 0 Å². The molecule has 14 heteroatoms. The molecular weight excluding hydrogens is 402 g/mol. The summed E-state index contributed by atoms with van der Waals surface area (Å²) in [4.78, 5) is 61.7. The average Bonchev–Trinajstić information content (AvgIpc) is 2.66. The Labute approximate surface area is 172 Å². The average molecular weight is 431 g/mol. The fourth-order valence-electron chi connectivity index (χ4n) is 2.23. The lowest BCUT2D eigenvalue weighted by Crippen LogP contribution is -2.55. The van der Waals surface area contributed by atoms with Crippen LogP contribution in [0.5, 0.6) is 0 Å². The summed E-state index contributed by atoms with van der Waals surface area (Å²) >= 11 is 0. The van der Waals surface area contributed by atoms with Gasteiger partial charge in [-0.25, -0.2) is 4.79 Å². The molecule has 0 aromatic rings. The van der Waals surface area contributed by atoms with Crippen molar-refractivity contribution in [2.45, 2.75) is 50.7 Å². The first-order valence-electron chi connectivity index (χ1n) is 9.08. The third kappa shape index (κ3) is 11.4. The predicted octanol–water partition coefficient (Wildman–Crippen LogP) is -3.58. The second-order valence-electron chi connectivity index (χ2n) is 6.34. The maximum atomic E-state index is 12.4. The van der Waals surface area contributed by atoms with Crippen LogP contribution in [0.25, 0.3) is 0 Å². The molecule has 0 aromatic heterocycles. The zero-order chi connectivity index (χ0) is 23.3. The van der Waals surface area contributed by atoms with E-state index in [9.17, 15) is 24.0 Å². The normalized spacial score (nSPS) is 13.3. The number of rotatable bonds is 14. The predicted molar refractivity (Wildman–Crippen MR) is 105 cm³/mol. The Morgan fingerprint density at radius 3 is 2.07 bits per heavy atom. The zero-order valence-electron chi connectivity index (χ0n) is 16.6. The number of nitrogens with one attached hydrogen (secondary N) is 3. The summed E-state index contributed by atoms with van der Waals surface area (Å²) in [6, 6.07) is -3.60. The molecule has 3 amide bonds. The van der Waals surface area contributed by atoms with Crippen molar-refractivity contribution in [1.29, 1.82) is 0 Å². The highest BCUT2D eigenvalue weighted by Gasteiger charge is 2.27. The number of hydrogen-bond donors (Lipinski definition) is 8. The Bertz CT molecular complexity index is 664. The highest BCUT2D eigenvalue weighted by molar-refractivity contribution is 5.93. The van der Waals surface area contributed by atoms with Crippen LogP contribution in [0.15, 0.2) is 4.99 Å². The number of carboxylic acid groups (broad SMARTS) is 2. The molecule has 0 aliphatic carbocycles. The maximum Gasteiger partial charge on any atom is 0.326 e. The second-order valence-corrected chi connectivity index (χ2v) is 6.34. The fraction of sp³-hybridized carbons (Fsp3) is 0.625. The second kappa shape index (κ2) is 13.7. The van der Waals surface area contributed by atoms with E-state index in [1.165, 1.54) is 6.92 Å². The van der Waals surface area contributed by atoms with Gasteiger partial charge in [0.2, 0.25) is 17.7 Å². The van der Waals surface area contributed by atoms with Gasteiger partial charge in [-0.05, 0) is 26.2 Å². The van der Waals surface area contributed by atoms with E-state index in [0.29, 0.717) is 6.42 Å².